The number of anilines is 3. The van der Waals surface area contributed by atoms with Crippen LogP contribution in [0.15, 0.2) is 77.6 Å². The molecule has 0 aliphatic carbocycles. The summed E-state index contributed by atoms with van der Waals surface area (Å²) in [6.07, 6.45) is 4.10. The fourth-order valence-corrected chi connectivity index (χ4v) is 9.17. The Hall–Kier alpha value is -6.39. The van der Waals surface area contributed by atoms with Crippen LogP contribution in [0.3, 0.4) is 0 Å². The van der Waals surface area contributed by atoms with E-state index in [1.807, 2.05) is 48.5 Å². The summed E-state index contributed by atoms with van der Waals surface area (Å²) in [6, 6.07) is 20.2. The third kappa shape index (κ3) is 8.57. The molecule has 14 nitrogen and oxygen atoms in total. The SMILES string of the molecule is Cn1c(=O)n(C2CCC(=O)NC2=O)c2cccc(CCCN3CCN(c4ccc(C(=O)Nc5n[nH]c6ccc(Cc7cc(F)cc(F)c7)cc56)c(NC5CCOCC5)c4)CC3)c21. The van der Waals surface area contributed by atoms with Crippen molar-refractivity contribution in [3.05, 3.63) is 117 Å². The van der Waals surface area contributed by atoms with Gasteiger partial charge in [-0.05, 0) is 110 Å². The van der Waals surface area contributed by atoms with Gasteiger partial charge in [0.15, 0.2) is 5.82 Å². The predicted molar refractivity (Wildman–Crippen MR) is 233 cm³/mol. The number of H-pyrrole nitrogens is 1. The van der Waals surface area contributed by atoms with Gasteiger partial charge in [0.1, 0.15) is 17.7 Å². The van der Waals surface area contributed by atoms with Gasteiger partial charge in [-0.25, -0.2) is 13.6 Å². The van der Waals surface area contributed by atoms with Gasteiger partial charge in [-0.1, -0.05) is 18.2 Å². The number of carbonyl (C=O) groups is 3. The van der Waals surface area contributed by atoms with Gasteiger partial charge in [0.25, 0.3) is 5.91 Å². The minimum atomic E-state index is -0.717. The van der Waals surface area contributed by atoms with Crippen LogP contribution in [0.1, 0.15) is 65.2 Å². The van der Waals surface area contributed by atoms with Crippen molar-refractivity contribution in [1.29, 1.82) is 0 Å². The molecular weight excluding hydrogens is 797 g/mol. The summed E-state index contributed by atoms with van der Waals surface area (Å²) in [5.41, 5.74) is 6.58. The molecule has 3 amide bonds. The predicted octanol–water partition coefficient (Wildman–Crippen LogP) is 5.66. The molecule has 6 aromatic rings. The molecule has 1 atom stereocenters. The Balaban J connectivity index is 0.857. The number of ether oxygens (including phenoxy) is 1. The zero-order chi connectivity index (χ0) is 42.9. The number of piperazine rings is 1. The summed E-state index contributed by atoms with van der Waals surface area (Å²) in [6.45, 7) is 5.52. The normalized spacial score (nSPS) is 17.8. The lowest BCUT2D eigenvalue weighted by Gasteiger charge is -2.36. The number of imide groups is 1. The number of carbonyl (C=O) groups excluding carboxylic acids is 3. The van der Waals surface area contributed by atoms with E-state index >= 15 is 0 Å². The Morgan fingerprint density at radius 2 is 1.69 bits per heavy atom. The first-order chi connectivity index (χ1) is 30.1. The van der Waals surface area contributed by atoms with Gasteiger partial charge in [0.2, 0.25) is 11.8 Å². The van der Waals surface area contributed by atoms with Crippen LogP contribution in [0.4, 0.5) is 26.0 Å². The van der Waals surface area contributed by atoms with Crippen LogP contribution < -0.4 is 26.5 Å². The summed E-state index contributed by atoms with van der Waals surface area (Å²) >= 11 is 0. The first kappa shape index (κ1) is 41.0. The highest BCUT2D eigenvalue weighted by molar-refractivity contribution is 6.11. The third-order valence-corrected chi connectivity index (χ3v) is 12.4. The Morgan fingerprint density at radius 1 is 0.903 bits per heavy atom. The molecule has 1 unspecified atom stereocenters. The van der Waals surface area contributed by atoms with Crippen LogP contribution in [0, 0.1) is 11.6 Å². The number of aromatic amines is 1. The number of hydrogen-bond acceptors (Lipinski definition) is 9. The number of benzene rings is 4. The maximum Gasteiger partial charge on any atom is 0.329 e. The number of nitrogens with one attached hydrogen (secondary N) is 4. The molecule has 3 fully saturated rings. The third-order valence-electron chi connectivity index (χ3n) is 12.4. The van der Waals surface area contributed by atoms with Crippen molar-refractivity contribution in [2.24, 2.45) is 7.05 Å². The van der Waals surface area contributed by atoms with Crippen molar-refractivity contribution in [2.75, 3.05) is 61.5 Å². The lowest BCUT2D eigenvalue weighted by molar-refractivity contribution is -0.135. The van der Waals surface area contributed by atoms with Gasteiger partial charge in [0.05, 0.1) is 22.1 Å². The Morgan fingerprint density at radius 3 is 2.47 bits per heavy atom. The number of halogens is 2. The molecule has 16 heteroatoms. The van der Waals surface area contributed by atoms with E-state index in [2.05, 4.69) is 42.0 Å². The summed E-state index contributed by atoms with van der Waals surface area (Å²) in [7, 11) is 1.74. The smallest absolute Gasteiger partial charge is 0.329 e. The number of nitrogens with zero attached hydrogens (tertiary/aromatic N) is 5. The van der Waals surface area contributed by atoms with E-state index in [1.54, 1.807) is 11.6 Å². The Labute approximate surface area is 356 Å². The second-order valence-corrected chi connectivity index (χ2v) is 16.5. The topological polar surface area (TPSA) is 159 Å². The average Bonchev–Trinajstić information content (AvgIpc) is 3.77. The van der Waals surface area contributed by atoms with Gasteiger partial charge >= 0.3 is 5.69 Å². The van der Waals surface area contributed by atoms with Gasteiger partial charge in [-0.3, -0.25) is 38.8 Å². The van der Waals surface area contributed by atoms with E-state index in [-0.39, 0.29) is 30.0 Å². The Bertz CT molecular complexity index is 2710. The van der Waals surface area contributed by atoms with E-state index < -0.39 is 23.6 Å². The van der Waals surface area contributed by atoms with Crippen LogP contribution in [-0.2, 0) is 34.2 Å². The minimum Gasteiger partial charge on any atom is -0.381 e. The molecule has 2 aromatic heterocycles. The van der Waals surface area contributed by atoms with Crippen LogP contribution >= 0.6 is 0 Å². The maximum atomic E-state index is 14.0. The molecule has 0 radical (unpaired) electrons. The molecule has 62 heavy (non-hydrogen) atoms. The first-order valence-corrected chi connectivity index (χ1v) is 21.3. The van der Waals surface area contributed by atoms with E-state index in [1.165, 1.54) is 16.7 Å². The van der Waals surface area contributed by atoms with Gasteiger partial charge < -0.3 is 20.3 Å². The summed E-state index contributed by atoms with van der Waals surface area (Å²) in [5.74, 6) is -1.97. The number of amides is 3. The molecule has 3 saturated heterocycles. The molecule has 4 aromatic carbocycles. The number of para-hydroxylation sites is 1. The molecule has 0 saturated carbocycles. The first-order valence-electron chi connectivity index (χ1n) is 21.3. The molecule has 3 aliphatic rings. The van der Waals surface area contributed by atoms with Crippen molar-refractivity contribution in [1.82, 2.24) is 29.5 Å². The largest absolute Gasteiger partial charge is 0.381 e. The summed E-state index contributed by atoms with van der Waals surface area (Å²) < 4.78 is 36.5. The quantitative estimate of drug-likeness (QED) is 0.114. The van der Waals surface area contributed by atoms with E-state index in [0.717, 1.165) is 98.0 Å². The maximum absolute atomic E-state index is 14.0. The fourth-order valence-electron chi connectivity index (χ4n) is 9.17. The molecule has 0 spiro atoms. The number of aromatic nitrogens is 4. The van der Waals surface area contributed by atoms with E-state index in [0.29, 0.717) is 53.9 Å². The lowest BCUT2D eigenvalue weighted by Crippen LogP contribution is -2.46. The summed E-state index contributed by atoms with van der Waals surface area (Å²) in [4.78, 5) is 56.7. The molecule has 322 valence electrons. The van der Waals surface area contributed by atoms with Crippen molar-refractivity contribution in [3.63, 3.8) is 0 Å². The standard InChI is InChI=1S/C46H49F2N9O5/c1-54-42-30(4-2-6-39(42)57(46(54)61)40-11-12-41(58)50-45(40)60)5-3-15-55-16-18-56(19-17-55)34-8-9-35(38(27-34)49-33-13-20-62-21-14-33)44(59)51-43-36-25-28(7-10-37(36)52-53-43)22-29-23-31(47)26-32(48)24-29/h2,4,6-10,23-27,33,40,49H,3,5,11-22H2,1H3,(H,50,58,60)(H2,51,52,53,59). The van der Waals surface area contributed by atoms with Crippen molar-refractivity contribution >= 4 is 56.9 Å². The van der Waals surface area contributed by atoms with Crippen molar-refractivity contribution in [3.8, 4) is 0 Å². The second-order valence-electron chi connectivity index (χ2n) is 16.5. The van der Waals surface area contributed by atoms with Crippen molar-refractivity contribution < 1.29 is 27.9 Å². The van der Waals surface area contributed by atoms with Crippen LogP contribution in [0.25, 0.3) is 21.9 Å². The average molecular weight is 846 g/mol. The van der Waals surface area contributed by atoms with Gasteiger partial charge in [0, 0.05) is 81.7 Å². The molecule has 3 aliphatic heterocycles. The van der Waals surface area contributed by atoms with Crippen molar-refractivity contribution in [2.45, 2.75) is 57.0 Å². The van der Waals surface area contributed by atoms with Crippen LogP contribution in [0.2, 0.25) is 0 Å². The molecule has 9 rings (SSSR count). The number of aryl methyl sites for hydroxylation is 2. The number of hydrogen-bond donors (Lipinski definition) is 4. The van der Waals surface area contributed by atoms with Crippen LogP contribution in [-0.4, -0.2) is 93.9 Å². The zero-order valence-corrected chi connectivity index (χ0v) is 34.5. The van der Waals surface area contributed by atoms with E-state index in [9.17, 15) is 28.0 Å². The van der Waals surface area contributed by atoms with Gasteiger partial charge in [-0.2, -0.15) is 5.10 Å². The molecule has 5 heterocycles. The second kappa shape index (κ2) is 17.5. The minimum absolute atomic E-state index is 0.146. The number of imidazole rings is 1. The highest BCUT2D eigenvalue weighted by Crippen LogP contribution is 2.31. The number of piperidine rings is 1. The van der Waals surface area contributed by atoms with Gasteiger partial charge in [-0.15, -0.1) is 0 Å². The molecule has 0 bridgehead atoms. The number of fused-ring (bicyclic) bond motifs is 2. The monoisotopic (exact) mass is 845 g/mol. The molecule has 4 N–H and O–H groups in total. The highest BCUT2D eigenvalue weighted by Gasteiger charge is 2.32. The summed E-state index contributed by atoms with van der Waals surface area (Å²) in [5, 5.41) is 17.1. The Kier molecular flexibility index (Phi) is 11.6. The van der Waals surface area contributed by atoms with E-state index in [4.69, 9.17) is 4.74 Å². The lowest BCUT2D eigenvalue weighted by atomic mass is 10.0. The van der Waals surface area contributed by atoms with Crippen LogP contribution in [0.5, 0.6) is 0 Å². The fraction of sp³-hybridized carbons (Fsp3) is 0.370. The zero-order valence-electron chi connectivity index (χ0n) is 34.5. The number of rotatable bonds is 12. The molecular formula is C46H49F2N9O5. The highest BCUT2D eigenvalue weighted by atomic mass is 19.1.